The van der Waals surface area contributed by atoms with Gasteiger partial charge in [-0.2, -0.15) is 0 Å². The maximum atomic E-state index is 3.90. The van der Waals surface area contributed by atoms with Crippen LogP contribution in [0, 0.1) is 11.8 Å². The van der Waals surface area contributed by atoms with Crippen LogP contribution in [0.3, 0.4) is 0 Å². The molecule has 2 heteroatoms. The van der Waals surface area contributed by atoms with Gasteiger partial charge in [-0.05, 0) is 65.2 Å². The zero-order chi connectivity index (χ0) is 15.9. The molecule has 2 saturated carbocycles. The lowest BCUT2D eigenvalue weighted by Crippen LogP contribution is -2.52. The Labute approximate surface area is 139 Å². The number of hydrogen-bond donors (Lipinski definition) is 2. The first-order valence-corrected chi connectivity index (χ1v) is 10.1. The normalized spacial score (nSPS) is 27.3. The fourth-order valence-corrected chi connectivity index (χ4v) is 4.66. The van der Waals surface area contributed by atoms with Gasteiger partial charge in [-0.15, -0.1) is 0 Å². The zero-order valence-electron chi connectivity index (χ0n) is 15.5. The highest BCUT2D eigenvalue weighted by Gasteiger charge is 2.25. The summed E-state index contributed by atoms with van der Waals surface area (Å²) in [6.45, 7) is 9.54. The van der Waals surface area contributed by atoms with Gasteiger partial charge in [0.05, 0.1) is 0 Å². The summed E-state index contributed by atoms with van der Waals surface area (Å²) in [4.78, 5) is 0. The predicted octanol–water partition coefficient (Wildman–Crippen LogP) is 4.88. The van der Waals surface area contributed by atoms with E-state index < -0.39 is 0 Å². The van der Waals surface area contributed by atoms with Gasteiger partial charge in [0, 0.05) is 24.2 Å². The second-order valence-corrected chi connectivity index (χ2v) is 8.28. The summed E-state index contributed by atoms with van der Waals surface area (Å²) in [6, 6.07) is 2.46. The third-order valence-corrected chi connectivity index (χ3v) is 6.52. The number of hydrogen-bond acceptors (Lipinski definition) is 2. The first-order valence-electron chi connectivity index (χ1n) is 10.1. The molecular weight excluding hydrogens is 268 g/mol. The van der Waals surface area contributed by atoms with Crippen molar-refractivity contribution in [3.8, 4) is 0 Å². The Balaban J connectivity index is 1.72. The van der Waals surface area contributed by atoms with Crippen LogP contribution in [-0.4, -0.2) is 24.2 Å². The molecule has 130 valence electrons. The summed E-state index contributed by atoms with van der Waals surface area (Å²) in [5.41, 5.74) is 0. The molecule has 2 N–H and O–H groups in total. The van der Waals surface area contributed by atoms with Gasteiger partial charge in [-0.25, -0.2) is 0 Å². The third-order valence-electron chi connectivity index (χ3n) is 6.52. The molecule has 4 atom stereocenters. The second kappa shape index (κ2) is 9.27. The molecule has 2 fully saturated rings. The average Bonchev–Trinajstić information content (AvgIpc) is 2.56. The molecule has 0 amide bonds. The van der Waals surface area contributed by atoms with Gasteiger partial charge in [0.1, 0.15) is 0 Å². The van der Waals surface area contributed by atoms with Crippen molar-refractivity contribution in [1.82, 2.24) is 10.6 Å². The lowest BCUT2D eigenvalue weighted by molar-refractivity contribution is 0.226. The van der Waals surface area contributed by atoms with Crippen LogP contribution in [0.2, 0.25) is 0 Å². The van der Waals surface area contributed by atoms with Crippen LogP contribution in [0.4, 0.5) is 0 Å². The van der Waals surface area contributed by atoms with E-state index in [4.69, 9.17) is 0 Å². The van der Waals surface area contributed by atoms with Gasteiger partial charge in [0.2, 0.25) is 0 Å². The van der Waals surface area contributed by atoms with Gasteiger partial charge in [-0.1, -0.05) is 38.5 Å². The highest BCUT2D eigenvalue weighted by molar-refractivity contribution is 4.85. The molecule has 0 aromatic heterocycles. The minimum Gasteiger partial charge on any atom is -0.310 e. The van der Waals surface area contributed by atoms with Gasteiger partial charge in [0.15, 0.2) is 0 Å². The van der Waals surface area contributed by atoms with E-state index in [0.717, 1.165) is 11.8 Å². The van der Waals surface area contributed by atoms with Crippen LogP contribution in [-0.2, 0) is 0 Å². The van der Waals surface area contributed by atoms with Gasteiger partial charge in [-0.3, -0.25) is 0 Å². The minimum atomic E-state index is 0.558. The van der Waals surface area contributed by atoms with Crippen molar-refractivity contribution in [1.29, 1.82) is 0 Å². The summed E-state index contributed by atoms with van der Waals surface area (Å²) >= 11 is 0. The van der Waals surface area contributed by atoms with E-state index in [2.05, 4.69) is 38.3 Å². The lowest BCUT2D eigenvalue weighted by Gasteiger charge is -2.36. The van der Waals surface area contributed by atoms with Crippen molar-refractivity contribution >= 4 is 0 Å². The summed E-state index contributed by atoms with van der Waals surface area (Å²) in [5, 5.41) is 7.79. The van der Waals surface area contributed by atoms with Crippen LogP contribution < -0.4 is 10.6 Å². The number of rotatable bonds is 7. The highest BCUT2D eigenvalue weighted by atomic mass is 15.0. The van der Waals surface area contributed by atoms with Crippen molar-refractivity contribution in [3.63, 3.8) is 0 Å². The van der Waals surface area contributed by atoms with E-state index in [0.29, 0.717) is 24.2 Å². The molecule has 0 bridgehead atoms. The Morgan fingerprint density at radius 2 is 0.864 bits per heavy atom. The molecule has 0 aromatic carbocycles. The maximum absolute atomic E-state index is 3.90. The molecule has 2 nitrogen and oxygen atoms in total. The molecule has 0 spiro atoms. The fraction of sp³-hybridized carbons (Fsp3) is 1.00. The van der Waals surface area contributed by atoms with E-state index in [-0.39, 0.29) is 0 Å². The highest BCUT2D eigenvalue weighted by Crippen LogP contribution is 2.28. The topological polar surface area (TPSA) is 24.1 Å². The van der Waals surface area contributed by atoms with E-state index in [1.54, 1.807) is 0 Å². The van der Waals surface area contributed by atoms with Gasteiger partial charge < -0.3 is 10.6 Å². The van der Waals surface area contributed by atoms with E-state index in [1.807, 2.05) is 0 Å². The first kappa shape index (κ1) is 18.3. The molecule has 2 aliphatic carbocycles. The average molecular weight is 309 g/mol. The first-order chi connectivity index (χ1) is 10.6. The fourth-order valence-electron chi connectivity index (χ4n) is 4.66. The Bertz CT molecular complexity index is 262. The van der Waals surface area contributed by atoms with Crippen molar-refractivity contribution < 1.29 is 0 Å². The molecule has 0 saturated heterocycles. The molecule has 2 unspecified atom stereocenters. The largest absolute Gasteiger partial charge is 0.310 e. The summed E-state index contributed by atoms with van der Waals surface area (Å²) in [7, 11) is 0. The molecule has 0 heterocycles. The quantitative estimate of drug-likeness (QED) is 0.700. The SMILES string of the molecule is CC(N[C@@H](C)C1CCCCC1)C(C)N[C@@H](C)C1CCCCC1. The monoisotopic (exact) mass is 308 g/mol. The van der Waals surface area contributed by atoms with Crippen molar-refractivity contribution in [2.75, 3.05) is 0 Å². The van der Waals surface area contributed by atoms with Crippen LogP contribution >= 0.6 is 0 Å². The maximum Gasteiger partial charge on any atom is 0.0192 e. The molecule has 2 aliphatic rings. The van der Waals surface area contributed by atoms with E-state index in [1.165, 1.54) is 64.2 Å². The molecule has 0 aromatic rings. The molecule has 0 aliphatic heterocycles. The Morgan fingerprint density at radius 3 is 1.18 bits per heavy atom. The van der Waals surface area contributed by atoms with Gasteiger partial charge >= 0.3 is 0 Å². The van der Waals surface area contributed by atoms with E-state index in [9.17, 15) is 0 Å². The minimum absolute atomic E-state index is 0.558. The Morgan fingerprint density at radius 1 is 0.545 bits per heavy atom. The lowest BCUT2D eigenvalue weighted by atomic mass is 9.83. The standard InChI is InChI=1S/C20H40N2/c1-15(21-17(3)19-11-7-5-8-12-19)16(2)22-18(4)20-13-9-6-10-14-20/h15-22H,5-14H2,1-4H3/t15?,16?,17-,18-/m0/s1. The molecule has 22 heavy (non-hydrogen) atoms. The second-order valence-electron chi connectivity index (χ2n) is 8.28. The van der Waals surface area contributed by atoms with Crippen LogP contribution in [0.5, 0.6) is 0 Å². The molecular formula is C20H40N2. The summed E-state index contributed by atoms with van der Waals surface area (Å²) < 4.78 is 0. The third kappa shape index (κ3) is 5.53. The predicted molar refractivity (Wildman–Crippen MR) is 97.3 cm³/mol. The summed E-state index contributed by atoms with van der Waals surface area (Å²) in [5.74, 6) is 1.80. The zero-order valence-corrected chi connectivity index (χ0v) is 15.5. The van der Waals surface area contributed by atoms with Crippen LogP contribution in [0.15, 0.2) is 0 Å². The van der Waals surface area contributed by atoms with Crippen molar-refractivity contribution in [3.05, 3.63) is 0 Å². The molecule has 0 radical (unpaired) electrons. The van der Waals surface area contributed by atoms with E-state index >= 15 is 0 Å². The smallest absolute Gasteiger partial charge is 0.0192 e. The Hall–Kier alpha value is -0.0800. The Kier molecular flexibility index (Phi) is 7.70. The van der Waals surface area contributed by atoms with Gasteiger partial charge in [0.25, 0.3) is 0 Å². The summed E-state index contributed by atoms with van der Waals surface area (Å²) in [6.07, 6.45) is 14.4. The molecule has 2 rings (SSSR count). The van der Waals surface area contributed by atoms with Crippen LogP contribution in [0.25, 0.3) is 0 Å². The van der Waals surface area contributed by atoms with Crippen molar-refractivity contribution in [2.24, 2.45) is 11.8 Å². The van der Waals surface area contributed by atoms with Crippen molar-refractivity contribution in [2.45, 2.75) is 116 Å². The van der Waals surface area contributed by atoms with Crippen LogP contribution in [0.1, 0.15) is 91.9 Å². The number of nitrogens with one attached hydrogen (secondary N) is 2.